The summed E-state index contributed by atoms with van der Waals surface area (Å²) in [7, 11) is 2.23. The van der Waals surface area contributed by atoms with Crippen molar-refractivity contribution in [1.82, 2.24) is 10.2 Å². The number of hydrogen-bond acceptors (Lipinski definition) is 3. The topological polar surface area (TPSA) is 15.3 Å². The third-order valence-corrected chi connectivity index (χ3v) is 5.07. The average molecular weight is 252 g/mol. The van der Waals surface area contributed by atoms with Crippen LogP contribution in [0.3, 0.4) is 0 Å². The normalized spacial score (nSPS) is 28.2. The van der Waals surface area contributed by atoms with Gasteiger partial charge in [0.1, 0.15) is 0 Å². The minimum atomic E-state index is 0.495. The maximum absolute atomic E-state index is 3.78. The van der Waals surface area contributed by atoms with Crippen LogP contribution in [0.4, 0.5) is 0 Å². The molecule has 2 rings (SSSR count). The largest absolute Gasteiger partial charge is 0.307 e. The van der Waals surface area contributed by atoms with Gasteiger partial charge in [-0.1, -0.05) is 0 Å². The van der Waals surface area contributed by atoms with Crippen LogP contribution >= 0.6 is 11.3 Å². The molecule has 1 aromatic rings. The monoisotopic (exact) mass is 252 g/mol. The molecule has 0 bridgehead atoms. The van der Waals surface area contributed by atoms with Gasteiger partial charge in [0.05, 0.1) is 0 Å². The standard InChI is InChI=1S/C14H24N2S/c1-10-9-13(7-8-16(10)4)15-12(3)14-6-5-11(2)17-14/h5-6,10,12-13,15H,7-9H2,1-4H3. The van der Waals surface area contributed by atoms with E-state index in [4.69, 9.17) is 0 Å². The Labute approximate surface area is 109 Å². The summed E-state index contributed by atoms with van der Waals surface area (Å²) in [6.45, 7) is 8.01. The first-order chi connectivity index (χ1) is 8.06. The first-order valence-corrected chi connectivity index (χ1v) is 7.40. The average Bonchev–Trinajstić information content (AvgIpc) is 2.70. The summed E-state index contributed by atoms with van der Waals surface area (Å²) in [6, 6.07) is 6.36. The zero-order valence-corrected chi connectivity index (χ0v) is 12.2. The molecule has 17 heavy (non-hydrogen) atoms. The van der Waals surface area contributed by atoms with Crippen molar-refractivity contribution in [1.29, 1.82) is 0 Å². The van der Waals surface area contributed by atoms with Gasteiger partial charge in [-0.3, -0.25) is 0 Å². The number of rotatable bonds is 3. The Bertz CT molecular complexity index is 361. The molecule has 1 N–H and O–H groups in total. The SMILES string of the molecule is Cc1ccc(C(C)NC2CCN(C)C(C)C2)s1. The third kappa shape index (κ3) is 3.30. The molecule has 1 saturated heterocycles. The lowest BCUT2D eigenvalue weighted by molar-refractivity contribution is 0.164. The number of likely N-dealkylation sites (tertiary alicyclic amines) is 1. The smallest absolute Gasteiger partial charge is 0.0388 e. The number of aryl methyl sites for hydroxylation is 1. The Morgan fingerprint density at radius 1 is 1.47 bits per heavy atom. The van der Waals surface area contributed by atoms with Crippen LogP contribution < -0.4 is 5.32 Å². The lowest BCUT2D eigenvalue weighted by Gasteiger charge is -2.36. The number of piperidine rings is 1. The van der Waals surface area contributed by atoms with E-state index in [1.165, 1.54) is 29.1 Å². The molecule has 1 fully saturated rings. The molecule has 2 nitrogen and oxygen atoms in total. The summed E-state index contributed by atoms with van der Waals surface area (Å²) in [5.41, 5.74) is 0. The highest BCUT2D eigenvalue weighted by Crippen LogP contribution is 2.24. The fourth-order valence-corrected chi connectivity index (χ4v) is 3.45. The molecule has 2 heterocycles. The Hall–Kier alpha value is -0.380. The van der Waals surface area contributed by atoms with Crippen LogP contribution in [0, 0.1) is 6.92 Å². The molecule has 1 aliphatic heterocycles. The molecule has 0 amide bonds. The Morgan fingerprint density at radius 2 is 2.24 bits per heavy atom. The van der Waals surface area contributed by atoms with Crippen LogP contribution in [0.2, 0.25) is 0 Å². The molecule has 3 heteroatoms. The fraction of sp³-hybridized carbons (Fsp3) is 0.714. The van der Waals surface area contributed by atoms with Gasteiger partial charge in [0, 0.05) is 27.9 Å². The van der Waals surface area contributed by atoms with E-state index in [-0.39, 0.29) is 0 Å². The molecule has 3 atom stereocenters. The zero-order valence-electron chi connectivity index (χ0n) is 11.4. The molecular formula is C14H24N2S. The van der Waals surface area contributed by atoms with Gasteiger partial charge in [-0.05, 0) is 59.3 Å². The number of hydrogen-bond donors (Lipinski definition) is 1. The van der Waals surface area contributed by atoms with E-state index >= 15 is 0 Å². The third-order valence-electron chi connectivity index (χ3n) is 3.88. The molecule has 96 valence electrons. The molecular weight excluding hydrogens is 228 g/mol. The number of nitrogens with one attached hydrogen (secondary N) is 1. The lowest BCUT2D eigenvalue weighted by atomic mass is 9.98. The number of nitrogens with zero attached hydrogens (tertiary/aromatic N) is 1. The molecule has 1 aromatic heterocycles. The number of thiophene rings is 1. The van der Waals surface area contributed by atoms with Gasteiger partial charge in [0.25, 0.3) is 0 Å². The predicted octanol–water partition coefficient (Wildman–Crippen LogP) is 3.19. The van der Waals surface area contributed by atoms with Gasteiger partial charge in [0.2, 0.25) is 0 Å². The van der Waals surface area contributed by atoms with Crippen LogP contribution in [0.1, 0.15) is 42.5 Å². The van der Waals surface area contributed by atoms with Crippen molar-refractivity contribution in [2.75, 3.05) is 13.6 Å². The molecule has 0 radical (unpaired) electrons. The van der Waals surface area contributed by atoms with Gasteiger partial charge < -0.3 is 10.2 Å². The molecule has 0 spiro atoms. The minimum absolute atomic E-state index is 0.495. The van der Waals surface area contributed by atoms with Gasteiger partial charge in [0.15, 0.2) is 0 Å². The lowest BCUT2D eigenvalue weighted by Crippen LogP contribution is -2.46. The maximum Gasteiger partial charge on any atom is 0.0388 e. The van der Waals surface area contributed by atoms with Crippen molar-refractivity contribution >= 4 is 11.3 Å². The Balaban J connectivity index is 1.89. The second kappa shape index (κ2) is 5.51. The van der Waals surface area contributed by atoms with E-state index in [9.17, 15) is 0 Å². The van der Waals surface area contributed by atoms with Crippen molar-refractivity contribution < 1.29 is 0 Å². The van der Waals surface area contributed by atoms with Gasteiger partial charge in [-0.25, -0.2) is 0 Å². The highest BCUT2D eigenvalue weighted by molar-refractivity contribution is 7.12. The van der Waals surface area contributed by atoms with Crippen LogP contribution in [0.5, 0.6) is 0 Å². The van der Waals surface area contributed by atoms with Crippen molar-refractivity contribution in [2.24, 2.45) is 0 Å². The summed E-state index contributed by atoms with van der Waals surface area (Å²) in [4.78, 5) is 5.33. The molecule has 3 unspecified atom stereocenters. The van der Waals surface area contributed by atoms with Crippen LogP contribution in [-0.4, -0.2) is 30.6 Å². The van der Waals surface area contributed by atoms with Gasteiger partial charge >= 0.3 is 0 Å². The quantitative estimate of drug-likeness (QED) is 0.889. The highest BCUT2D eigenvalue weighted by Gasteiger charge is 2.24. The van der Waals surface area contributed by atoms with Crippen molar-refractivity contribution in [3.05, 3.63) is 21.9 Å². The van der Waals surface area contributed by atoms with E-state index in [0.717, 1.165) is 0 Å². The Morgan fingerprint density at radius 3 is 2.82 bits per heavy atom. The van der Waals surface area contributed by atoms with Crippen molar-refractivity contribution in [3.63, 3.8) is 0 Å². The molecule has 0 aliphatic carbocycles. The van der Waals surface area contributed by atoms with E-state index in [1.54, 1.807) is 0 Å². The van der Waals surface area contributed by atoms with E-state index in [0.29, 0.717) is 18.1 Å². The predicted molar refractivity (Wildman–Crippen MR) is 75.7 cm³/mol. The maximum atomic E-state index is 3.78. The van der Waals surface area contributed by atoms with E-state index in [2.05, 4.69) is 50.2 Å². The minimum Gasteiger partial charge on any atom is -0.307 e. The van der Waals surface area contributed by atoms with E-state index < -0.39 is 0 Å². The summed E-state index contributed by atoms with van der Waals surface area (Å²) < 4.78 is 0. The van der Waals surface area contributed by atoms with Crippen molar-refractivity contribution in [3.8, 4) is 0 Å². The van der Waals surface area contributed by atoms with Crippen molar-refractivity contribution in [2.45, 2.75) is 51.7 Å². The fourth-order valence-electron chi connectivity index (χ4n) is 2.56. The first-order valence-electron chi connectivity index (χ1n) is 6.59. The molecule has 0 aromatic carbocycles. The zero-order chi connectivity index (χ0) is 12.4. The molecule has 1 aliphatic rings. The molecule has 0 saturated carbocycles. The summed E-state index contributed by atoms with van der Waals surface area (Å²) in [5.74, 6) is 0. The summed E-state index contributed by atoms with van der Waals surface area (Å²) in [5, 5.41) is 3.78. The van der Waals surface area contributed by atoms with Crippen LogP contribution in [0.15, 0.2) is 12.1 Å². The van der Waals surface area contributed by atoms with Gasteiger partial charge in [-0.15, -0.1) is 11.3 Å². The van der Waals surface area contributed by atoms with Crippen LogP contribution in [0.25, 0.3) is 0 Å². The highest BCUT2D eigenvalue weighted by atomic mass is 32.1. The second-order valence-corrected chi connectivity index (χ2v) is 6.71. The van der Waals surface area contributed by atoms with Crippen LogP contribution in [-0.2, 0) is 0 Å². The Kier molecular flexibility index (Phi) is 4.23. The summed E-state index contributed by atoms with van der Waals surface area (Å²) in [6.07, 6.45) is 2.54. The van der Waals surface area contributed by atoms with E-state index in [1.807, 2.05) is 11.3 Å². The van der Waals surface area contributed by atoms with Gasteiger partial charge in [-0.2, -0.15) is 0 Å². The first kappa shape index (κ1) is 13.1. The summed E-state index contributed by atoms with van der Waals surface area (Å²) >= 11 is 1.91. The second-order valence-electron chi connectivity index (χ2n) is 5.39.